The Kier molecular flexibility index (Phi) is 4.32. The van der Waals surface area contributed by atoms with Crippen molar-refractivity contribution >= 4 is 17.5 Å². The van der Waals surface area contributed by atoms with Gasteiger partial charge in [-0.3, -0.25) is 4.79 Å². The van der Waals surface area contributed by atoms with E-state index in [2.05, 4.69) is 0 Å². The van der Waals surface area contributed by atoms with Crippen LogP contribution in [0.4, 0.5) is 0 Å². The third kappa shape index (κ3) is 3.39. The summed E-state index contributed by atoms with van der Waals surface area (Å²) in [6, 6.07) is 5.30. The van der Waals surface area contributed by atoms with Crippen molar-refractivity contribution in [2.45, 2.75) is 32.5 Å². The van der Waals surface area contributed by atoms with Gasteiger partial charge in [0.1, 0.15) is 5.75 Å². The topological polar surface area (TPSA) is 49.8 Å². The first-order valence-electron chi connectivity index (χ1n) is 6.37. The number of aliphatic hydroxyl groups excluding tert-OH is 1. The fourth-order valence-corrected chi connectivity index (χ4v) is 2.41. The van der Waals surface area contributed by atoms with Crippen LogP contribution in [0, 0.1) is 6.92 Å². The van der Waals surface area contributed by atoms with E-state index < -0.39 is 12.2 Å². The second-order valence-electron chi connectivity index (χ2n) is 4.90. The number of carbonyl (C=O) groups excluding carboxylic acids is 1. The molecule has 5 heteroatoms. The smallest absolute Gasteiger partial charge is 0.263 e. The Morgan fingerprint density at radius 3 is 2.89 bits per heavy atom. The standard InChI is InChI=1S/C14H18ClNO3/c1-9-7-11(15)3-4-13(9)19-10(2)14(18)16-6-5-12(17)8-16/h3-4,7,10,12,17H,5-6,8H2,1-2H3. The molecule has 0 spiro atoms. The van der Waals surface area contributed by atoms with Crippen molar-refractivity contribution in [3.63, 3.8) is 0 Å². The molecule has 4 nitrogen and oxygen atoms in total. The van der Waals surface area contributed by atoms with Crippen LogP contribution >= 0.6 is 11.6 Å². The van der Waals surface area contributed by atoms with Crippen molar-refractivity contribution in [2.24, 2.45) is 0 Å². The number of likely N-dealkylation sites (tertiary alicyclic amines) is 1. The molecule has 2 atom stereocenters. The van der Waals surface area contributed by atoms with Crippen molar-refractivity contribution < 1.29 is 14.6 Å². The predicted molar refractivity (Wildman–Crippen MR) is 73.5 cm³/mol. The van der Waals surface area contributed by atoms with E-state index in [1.807, 2.05) is 6.92 Å². The van der Waals surface area contributed by atoms with Gasteiger partial charge in [0.2, 0.25) is 0 Å². The van der Waals surface area contributed by atoms with Gasteiger partial charge >= 0.3 is 0 Å². The number of carbonyl (C=O) groups is 1. The molecule has 1 heterocycles. The van der Waals surface area contributed by atoms with Gasteiger partial charge < -0.3 is 14.7 Å². The van der Waals surface area contributed by atoms with Gasteiger partial charge in [0, 0.05) is 18.1 Å². The molecule has 1 saturated heterocycles. The summed E-state index contributed by atoms with van der Waals surface area (Å²) in [6.45, 7) is 4.60. The lowest BCUT2D eigenvalue weighted by Crippen LogP contribution is -2.39. The second kappa shape index (κ2) is 5.80. The Bertz CT molecular complexity index is 478. The normalized spacial score (nSPS) is 20.4. The minimum atomic E-state index is -0.565. The molecule has 0 saturated carbocycles. The highest BCUT2D eigenvalue weighted by atomic mass is 35.5. The van der Waals surface area contributed by atoms with Crippen LogP contribution in [0.5, 0.6) is 5.75 Å². The zero-order valence-corrected chi connectivity index (χ0v) is 11.9. The van der Waals surface area contributed by atoms with Gasteiger partial charge in [-0.25, -0.2) is 0 Å². The van der Waals surface area contributed by atoms with Crippen LogP contribution in [0.2, 0.25) is 5.02 Å². The molecular weight excluding hydrogens is 266 g/mol. The largest absolute Gasteiger partial charge is 0.481 e. The van der Waals surface area contributed by atoms with Crippen LogP contribution in [0.15, 0.2) is 18.2 Å². The van der Waals surface area contributed by atoms with Gasteiger partial charge in [0.05, 0.1) is 6.10 Å². The lowest BCUT2D eigenvalue weighted by molar-refractivity contribution is -0.137. The summed E-state index contributed by atoms with van der Waals surface area (Å²) in [4.78, 5) is 13.8. The molecular formula is C14H18ClNO3. The molecule has 1 aliphatic heterocycles. The number of hydrogen-bond donors (Lipinski definition) is 1. The Labute approximate surface area is 117 Å². The molecule has 0 aromatic heterocycles. The Balaban J connectivity index is 2.00. The molecule has 0 radical (unpaired) electrons. The number of aliphatic hydroxyl groups is 1. The van der Waals surface area contributed by atoms with Crippen LogP contribution in [-0.2, 0) is 4.79 Å². The van der Waals surface area contributed by atoms with Gasteiger partial charge in [-0.2, -0.15) is 0 Å². The lowest BCUT2D eigenvalue weighted by atomic mass is 10.2. The van der Waals surface area contributed by atoms with Gasteiger partial charge in [-0.1, -0.05) is 11.6 Å². The Morgan fingerprint density at radius 2 is 2.32 bits per heavy atom. The zero-order valence-electron chi connectivity index (χ0n) is 11.1. The van der Waals surface area contributed by atoms with E-state index in [1.165, 1.54) is 0 Å². The summed E-state index contributed by atoms with van der Waals surface area (Å²) >= 11 is 5.88. The summed E-state index contributed by atoms with van der Waals surface area (Å²) in [5, 5.41) is 10.1. The minimum absolute atomic E-state index is 0.0918. The summed E-state index contributed by atoms with van der Waals surface area (Å²) in [7, 11) is 0. The number of aryl methyl sites for hydroxylation is 1. The van der Waals surface area contributed by atoms with E-state index in [9.17, 15) is 9.90 Å². The van der Waals surface area contributed by atoms with Crippen molar-refractivity contribution in [2.75, 3.05) is 13.1 Å². The van der Waals surface area contributed by atoms with Crippen LogP contribution in [0.3, 0.4) is 0 Å². The first kappa shape index (κ1) is 14.2. The molecule has 19 heavy (non-hydrogen) atoms. The summed E-state index contributed by atoms with van der Waals surface area (Å²) in [5.74, 6) is 0.566. The van der Waals surface area contributed by atoms with Crippen molar-refractivity contribution in [1.82, 2.24) is 4.90 Å². The SMILES string of the molecule is Cc1cc(Cl)ccc1OC(C)C(=O)N1CCC(O)C1. The van der Waals surface area contributed by atoms with E-state index >= 15 is 0 Å². The first-order chi connectivity index (χ1) is 8.97. The fraction of sp³-hybridized carbons (Fsp3) is 0.500. The zero-order chi connectivity index (χ0) is 14.0. The lowest BCUT2D eigenvalue weighted by Gasteiger charge is -2.22. The molecule has 2 rings (SSSR count). The number of nitrogens with zero attached hydrogens (tertiary/aromatic N) is 1. The molecule has 1 aromatic carbocycles. The molecule has 1 aliphatic rings. The van der Waals surface area contributed by atoms with Crippen molar-refractivity contribution in [1.29, 1.82) is 0 Å². The summed E-state index contributed by atoms with van der Waals surface area (Å²) < 4.78 is 5.68. The van der Waals surface area contributed by atoms with Gasteiger partial charge in [0.15, 0.2) is 6.10 Å². The third-order valence-electron chi connectivity index (χ3n) is 3.26. The monoisotopic (exact) mass is 283 g/mol. The van der Waals surface area contributed by atoms with E-state index in [0.29, 0.717) is 30.3 Å². The van der Waals surface area contributed by atoms with E-state index in [-0.39, 0.29) is 5.91 Å². The molecule has 1 amide bonds. The number of hydrogen-bond acceptors (Lipinski definition) is 3. The average Bonchev–Trinajstić information content (AvgIpc) is 2.78. The maximum absolute atomic E-state index is 12.1. The third-order valence-corrected chi connectivity index (χ3v) is 3.50. The molecule has 104 valence electrons. The first-order valence-corrected chi connectivity index (χ1v) is 6.75. The van der Waals surface area contributed by atoms with Crippen LogP contribution in [0.1, 0.15) is 18.9 Å². The number of β-amino-alcohol motifs (C(OH)–C–C–N with tert-alkyl or cyclic N) is 1. The van der Waals surface area contributed by atoms with E-state index in [0.717, 1.165) is 5.56 Å². The maximum Gasteiger partial charge on any atom is 0.263 e. The predicted octanol–water partition coefficient (Wildman–Crippen LogP) is 2.01. The highest BCUT2D eigenvalue weighted by Crippen LogP contribution is 2.23. The molecule has 1 aromatic rings. The van der Waals surface area contributed by atoms with Crippen molar-refractivity contribution in [3.8, 4) is 5.75 Å². The van der Waals surface area contributed by atoms with Gasteiger partial charge in [-0.15, -0.1) is 0 Å². The summed E-state index contributed by atoms with van der Waals surface area (Å²) in [5.41, 5.74) is 0.897. The Morgan fingerprint density at radius 1 is 1.58 bits per heavy atom. The molecule has 2 unspecified atom stereocenters. The van der Waals surface area contributed by atoms with Crippen LogP contribution < -0.4 is 4.74 Å². The quantitative estimate of drug-likeness (QED) is 0.923. The van der Waals surface area contributed by atoms with Gasteiger partial charge in [-0.05, 0) is 44.0 Å². The number of halogens is 1. The second-order valence-corrected chi connectivity index (χ2v) is 5.33. The van der Waals surface area contributed by atoms with Crippen LogP contribution in [-0.4, -0.2) is 41.2 Å². The van der Waals surface area contributed by atoms with Crippen molar-refractivity contribution in [3.05, 3.63) is 28.8 Å². The molecule has 0 bridgehead atoms. The maximum atomic E-state index is 12.1. The molecule has 0 aliphatic carbocycles. The molecule has 1 fully saturated rings. The van der Waals surface area contributed by atoms with Gasteiger partial charge in [0.25, 0.3) is 5.91 Å². The molecule has 1 N–H and O–H groups in total. The Hall–Kier alpha value is -1.26. The fourth-order valence-electron chi connectivity index (χ4n) is 2.19. The summed E-state index contributed by atoms with van der Waals surface area (Å²) in [6.07, 6.45) is -0.336. The number of ether oxygens (including phenoxy) is 1. The minimum Gasteiger partial charge on any atom is -0.481 e. The number of amides is 1. The van der Waals surface area contributed by atoms with E-state index in [4.69, 9.17) is 16.3 Å². The average molecular weight is 284 g/mol. The van der Waals surface area contributed by atoms with Crippen LogP contribution in [0.25, 0.3) is 0 Å². The van der Waals surface area contributed by atoms with E-state index in [1.54, 1.807) is 30.0 Å². The highest BCUT2D eigenvalue weighted by Gasteiger charge is 2.28. The number of rotatable bonds is 3. The highest BCUT2D eigenvalue weighted by molar-refractivity contribution is 6.30. The number of benzene rings is 1.